The SMILES string of the molecule is CCNC(=NC)N(C)CC1CCC(C)CC1.I. The van der Waals surface area contributed by atoms with Crippen LogP contribution in [0.5, 0.6) is 0 Å². The first-order valence-corrected chi connectivity index (χ1v) is 6.59. The van der Waals surface area contributed by atoms with Crippen LogP contribution in [0.1, 0.15) is 39.5 Å². The van der Waals surface area contributed by atoms with Gasteiger partial charge in [0.1, 0.15) is 0 Å². The molecule has 0 unspecified atom stereocenters. The first kappa shape index (κ1) is 17.0. The van der Waals surface area contributed by atoms with E-state index in [0.29, 0.717) is 0 Å². The van der Waals surface area contributed by atoms with Crippen molar-refractivity contribution < 1.29 is 0 Å². The number of nitrogens with one attached hydrogen (secondary N) is 1. The summed E-state index contributed by atoms with van der Waals surface area (Å²) in [6.45, 7) is 6.57. The molecule has 17 heavy (non-hydrogen) atoms. The molecule has 1 saturated carbocycles. The van der Waals surface area contributed by atoms with Gasteiger partial charge in [0.2, 0.25) is 0 Å². The molecule has 0 aliphatic heterocycles. The molecular formula is C13H28IN3. The van der Waals surface area contributed by atoms with Gasteiger partial charge in [-0.2, -0.15) is 0 Å². The molecule has 0 amide bonds. The van der Waals surface area contributed by atoms with Crippen LogP contribution in [-0.4, -0.2) is 38.0 Å². The van der Waals surface area contributed by atoms with Crippen LogP contribution in [0.4, 0.5) is 0 Å². The second-order valence-electron chi connectivity index (χ2n) is 5.08. The molecule has 0 atom stereocenters. The fraction of sp³-hybridized carbons (Fsp3) is 0.923. The summed E-state index contributed by atoms with van der Waals surface area (Å²) in [4.78, 5) is 6.56. The summed E-state index contributed by atoms with van der Waals surface area (Å²) in [5, 5.41) is 3.31. The van der Waals surface area contributed by atoms with E-state index in [1.165, 1.54) is 25.7 Å². The first-order chi connectivity index (χ1) is 7.67. The Labute approximate surface area is 123 Å². The molecule has 0 aromatic heterocycles. The minimum Gasteiger partial charge on any atom is -0.357 e. The topological polar surface area (TPSA) is 27.6 Å². The molecule has 3 nitrogen and oxygen atoms in total. The minimum atomic E-state index is 0. The molecule has 102 valence electrons. The highest BCUT2D eigenvalue weighted by Crippen LogP contribution is 2.28. The van der Waals surface area contributed by atoms with Crippen molar-refractivity contribution in [3.8, 4) is 0 Å². The molecule has 0 spiro atoms. The quantitative estimate of drug-likeness (QED) is 0.480. The summed E-state index contributed by atoms with van der Waals surface area (Å²) in [6.07, 6.45) is 5.57. The van der Waals surface area contributed by atoms with Gasteiger partial charge in [0.15, 0.2) is 5.96 Å². The molecule has 1 fully saturated rings. The van der Waals surface area contributed by atoms with E-state index in [9.17, 15) is 0 Å². The Morgan fingerprint density at radius 3 is 2.35 bits per heavy atom. The second kappa shape index (κ2) is 9.00. The summed E-state index contributed by atoms with van der Waals surface area (Å²) in [7, 11) is 4.00. The Kier molecular flexibility index (Phi) is 9.00. The number of nitrogens with zero attached hydrogens (tertiary/aromatic N) is 2. The number of halogens is 1. The predicted octanol–water partition coefficient (Wildman–Crippen LogP) is 2.96. The smallest absolute Gasteiger partial charge is 0.193 e. The van der Waals surface area contributed by atoms with Crippen molar-refractivity contribution in [2.24, 2.45) is 16.8 Å². The van der Waals surface area contributed by atoms with E-state index in [1.54, 1.807) is 0 Å². The van der Waals surface area contributed by atoms with E-state index in [4.69, 9.17) is 0 Å². The van der Waals surface area contributed by atoms with Gasteiger partial charge < -0.3 is 10.2 Å². The lowest BCUT2D eigenvalue weighted by Gasteiger charge is -2.31. The number of hydrogen-bond donors (Lipinski definition) is 1. The van der Waals surface area contributed by atoms with Gasteiger partial charge >= 0.3 is 0 Å². The van der Waals surface area contributed by atoms with Crippen LogP contribution in [0.25, 0.3) is 0 Å². The van der Waals surface area contributed by atoms with Gasteiger partial charge in [-0.3, -0.25) is 4.99 Å². The van der Waals surface area contributed by atoms with Crippen LogP contribution in [0.2, 0.25) is 0 Å². The van der Waals surface area contributed by atoms with E-state index in [0.717, 1.165) is 30.9 Å². The van der Waals surface area contributed by atoms with Gasteiger partial charge in [-0.25, -0.2) is 0 Å². The van der Waals surface area contributed by atoms with Gasteiger partial charge in [-0.1, -0.05) is 19.8 Å². The van der Waals surface area contributed by atoms with Gasteiger partial charge in [0.05, 0.1) is 0 Å². The normalized spacial score (nSPS) is 25.1. The van der Waals surface area contributed by atoms with Gasteiger partial charge in [0, 0.05) is 27.2 Å². The van der Waals surface area contributed by atoms with Crippen molar-refractivity contribution in [2.75, 3.05) is 27.2 Å². The van der Waals surface area contributed by atoms with Gasteiger partial charge in [-0.15, -0.1) is 24.0 Å². The highest BCUT2D eigenvalue weighted by atomic mass is 127. The van der Waals surface area contributed by atoms with Crippen LogP contribution >= 0.6 is 24.0 Å². The summed E-state index contributed by atoms with van der Waals surface area (Å²) in [5.74, 6) is 2.83. The van der Waals surface area contributed by atoms with E-state index >= 15 is 0 Å². The average molecular weight is 353 g/mol. The predicted molar refractivity (Wildman–Crippen MR) is 86.2 cm³/mol. The van der Waals surface area contributed by atoms with E-state index in [1.807, 2.05) is 7.05 Å². The largest absolute Gasteiger partial charge is 0.357 e. The van der Waals surface area contributed by atoms with Crippen molar-refractivity contribution >= 4 is 29.9 Å². The number of hydrogen-bond acceptors (Lipinski definition) is 1. The third kappa shape index (κ3) is 5.93. The van der Waals surface area contributed by atoms with Crippen molar-refractivity contribution in [2.45, 2.75) is 39.5 Å². The van der Waals surface area contributed by atoms with Crippen molar-refractivity contribution in [3.05, 3.63) is 0 Å². The Morgan fingerprint density at radius 1 is 1.29 bits per heavy atom. The first-order valence-electron chi connectivity index (χ1n) is 6.59. The second-order valence-corrected chi connectivity index (χ2v) is 5.08. The molecule has 1 aliphatic rings. The summed E-state index contributed by atoms with van der Waals surface area (Å²) >= 11 is 0. The lowest BCUT2D eigenvalue weighted by Crippen LogP contribution is -2.41. The molecular weight excluding hydrogens is 325 g/mol. The molecule has 0 aromatic rings. The third-order valence-electron chi connectivity index (χ3n) is 3.58. The Morgan fingerprint density at radius 2 is 1.88 bits per heavy atom. The summed E-state index contributed by atoms with van der Waals surface area (Å²) in [6, 6.07) is 0. The Balaban J connectivity index is 0.00000256. The highest BCUT2D eigenvalue weighted by Gasteiger charge is 2.20. The van der Waals surface area contributed by atoms with Gasteiger partial charge in [0.25, 0.3) is 0 Å². The highest BCUT2D eigenvalue weighted by molar-refractivity contribution is 14.0. The van der Waals surface area contributed by atoms with E-state index in [2.05, 4.69) is 36.1 Å². The lowest BCUT2D eigenvalue weighted by atomic mass is 9.83. The molecule has 0 saturated heterocycles. The lowest BCUT2D eigenvalue weighted by molar-refractivity contribution is 0.250. The maximum absolute atomic E-state index is 4.29. The van der Waals surface area contributed by atoms with Crippen LogP contribution < -0.4 is 5.32 Å². The van der Waals surface area contributed by atoms with Crippen LogP contribution in [-0.2, 0) is 0 Å². The molecule has 0 heterocycles. The Bertz CT molecular complexity index is 223. The molecule has 1 rings (SSSR count). The monoisotopic (exact) mass is 353 g/mol. The summed E-state index contributed by atoms with van der Waals surface area (Å²) in [5.41, 5.74) is 0. The zero-order valence-electron chi connectivity index (χ0n) is 11.7. The number of rotatable bonds is 3. The Hall–Kier alpha value is 0. The standard InChI is InChI=1S/C13H27N3.HI/c1-5-15-13(14-3)16(4)10-12-8-6-11(2)7-9-12;/h11-12H,5-10H2,1-4H3,(H,14,15);1H. The van der Waals surface area contributed by atoms with E-state index in [-0.39, 0.29) is 24.0 Å². The summed E-state index contributed by atoms with van der Waals surface area (Å²) < 4.78 is 0. The molecule has 4 heteroatoms. The van der Waals surface area contributed by atoms with Crippen LogP contribution in [0, 0.1) is 11.8 Å². The van der Waals surface area contributed by atoms with Crippen LogP contribution in [0.15, 0.2) is 4.99 Å². The maximum atomic E-state index is 4.29. The fourth-order valence-corrected chi connectivity index (χ4v) is 2.53. The molecule has 0 aromatic carbocycles. The molecule has 0 radical (unpaired) electrons. The maximum Gasteiger partial charge on any atom is 0.193 e. The zero-order valence-corrected chi connectivity index (χ0v) is 14.0. The molecule has 1 aliphatic carbocycles. The molecule has 1 N–H and O–H groups in total. The van der Waals surface area contributed by atoms with Crippen molar-refractivity contribution in [3.63, 3.8) is 0 Å². The fourth-order valence-electron chi connectivity index (χ4n) is 2.53. The zero-order chi connectivity index (χ0) is 12.0. The number of guanidine groups is 1. The van der Waals surface area contributed by atoms with Crippen molar-refractivity contribution in [1.82, 2.24) is 10.2 Å². The number of aliphatic imine (C=N–C) groups is 1. The van der Waals surface area contributed by atoms with Crippen LogP contribution in [0.3, 0.4) is 0 Å². The van der Waals surface area contributed by atoms with Gasteiger partial charge in [-0.05, 0) is 31.6 Å². The van der Waals surface area contributed by atoms with E-state index < -0.39 is 0 Å². The molecule has 0 bridgehead atoms. The van der Waals surface area contributed by atoms with Crippen molar-refractivity contribution in [1.29, 1.82) is 0 Å². The third-order valence-corrected chi connectivity index (χ3v) is 3.58. The average Bonchev–Trinajstić information content (AvgIpc) is 2.29. The minimum absolute atomic E-state index is 0.